The molecule has 0 saturated heterocycles. The number of thiol groups is 2. The summed E-state index contributed by atoms with van der Waals surface area (Å²) in [5.74, 6) is 0. The molecule has 2 aromatic rings. The minimum Gasteiger partial charge on any atom is -0.227 e. The van der Waals surface area contributed by atoms with E-state index in [0.717, 1.165) is 0 Å². The van der Waals surface area contributed by atoms with E-state index in [9.17, 15) is 0 Å². The van der Waals surface area contributed by atoms with E-state index in [0.29, 0.717) is 18.9 Å². The summed E-state index contributed by atoms with van der Waals surface area (Å²) in [6.45, 7) is 0. The molecule has 4 nitrogen and oxygen atoms in total. The Hall–Kier alpha value is -0.260. The van der Waals surface area contributed by atoms with Gasteiger partial charge >= 0.3 is 0 Å². The van der Waals surface area contributed by atoms with Crippen molar-refractivity contribution in [2.45, 2.75) is 0 Å². The molecular formula is C8H6N4S6. The summed E-state index contributed by atoms with van der Waals surface area (Å²) < 4.78 is 0.633. The minimum atomic E-state index is 0.316. The number of thiocarbonyl (C=S) groups is 2. The van der Waals surface area contributed by atoms with Gasteiger partial charge in [-0.25, -0.2) is 20.0 Å². The monoisotopic (exact) mass is 350 g/mol. The standard InChI is InChI=1S/C8H6N4S6/c13-7(14)11(5-9-1-3-17-5)12(8(15)16)6-10-2-4-18-6/h1-4H,(H,13,14)(H,15,16). The summed E-state index contributed by atoms with van der Waals surface area (Å²) in [6.07, 6.45) is 3.36. The van der Waals surface area contributed by atoms with Crippen LogP contribution >= 0.6 is 72.4 Å². The van der Waals surface area contributed by atoms with Crippen LogP contribution in [-0.2, 0) is 0 Å². The second-order valence-corrected chi connectivity index (χ2v) is 6.79. The molecule has 0 fully saturated rings. The van der Waals surface area contributed by atoms with Crippen molar-refractivity contribution in [1.82, 2.24) is 9.97 Å². The van der Waals surface area contributed by atoms with Crippen LogP contribution in [0.1, 0.15) is 0 Å². The van der Waals surface area contributed by atoms with Crippen LogP contribution in [0.15, 0.2) is 23.2 Å². The lowest BCUT2D eigenvalue weighted by molar-refractivity contribution is 1.07. The van der Waals surface area contributed by atoms with Crippen LogP contribution in [0.5, 0.6) is 0 Å². The predicted molar refractivity (Wildman–Crippen MR) is 92.4 cm³/mol. The fraction of sp³-hybridized carbons (Fsp3) is 0. The highest BCUT2D eigenvalue weighted by Crippen LogP contribution is 2.28. The maximum atomic E-state index is 5.13. The Kier molecular flexibility index (Phi) is 4.92. The van der Waals surface area contributed by atoms with E-state index < -0.39 is 0 Å². The highest BCUT2D eigenvalue weighted by atomic mass is 32.1. The van der Waals surface area contributed by atoms with Gasteiger partial charge in [-0.3, -0.25) is 0 Å². The molecule has 0 amide bonds. The summed E-state index contributed by atoms with van der Waals surface area (Å²) >= 11 is 21.5. The van der Waals surface area contributed by atoms with E-state index in [-0.39, 0.29) is 0 Å². The van der Waals surface area contributed by atoms with Crippen molar-refractivity contribution >= 4 is 91.3 Å². The Morgan fingerprint density at radius 1 is 0.944 bits per heavy atom. The topological polar surface area (TPSA) is 32.3 Å². The number of nitrogens with zero attached hydrogens (tertiary/aromatic N) is 4. The molecule has 0 saturated carbocycles. The second-order valence-electron chi connectivity index (χ2n) is 2.82. The molecule has 94 valence electrons. The third-order valence-electron chi connectivity index (χ3n) is 1.76. The Morgan fingerprint density at radius 3 is 1.56 bits per heavy atom. The van der Waals surface area contributed by atoms with Gasteiger partial charge in [0.2, 0.25) is 10.3 Å². The van der Waals surface area contributed by atoms with Crippen LogP contribution in [0, 0.1) is 0 Å². The normalized spacial score (nSPS) is 10.1. The average Bonchev–Trinajstić information content (AvgIpc) is 2.97. The van der Waals surface area contributed by atoms with E-state index in [4.69, 9.17) is 24.4 Å². The van der Waals surface area contributed by atoms with Crippen LogP contribution in [-0.4, -0.2) is 18.6 Å². The van der Waals surface area contributed by atoms with E-state index in [2.05, 4.69) is 35.2 Å². The van der Waals surface area contributed by atoms with E-state index >= 15 is 0 Å². The molecule has 2 heterocycles. The number of hydrogen-bond acceptors (Lipinski definition) is 6. The van der Waals surface area contributed by atoms with Gasteiger partial charge in [-0.05, 0) is 0 Å². The molecule has 18 heavy (non-hydrogen) atoms. The van der Waals surface area contributed by atoms with Gasteiger partial charge in [0.25, 0.3) is 0 Å². The van der Waals surface area contributed by atoms with Crippen molar-refractivity contribution in [3.8, 4) is 0 Å². The number of rotatable bonds is 2. The van der Waals surface area contributed by atoms with Crippen LogP contribution in [0.2, 0.25) is 0 Å². The number of hydrogen-bond donors (Lipinski definition) is 2. The minimum absolute atomic E-state index is 0.316. The fourth-order valence-corrected chi connectivity index (χ4v) is 3.38. The summed E-state index contributed by atoms with van der Waals surface area (Å²) in [6, 6.07) is 0. The first-order valence-electron chi connectivity index (χ1n) is 4.46. The molecule has 0 aromatic carbocycles. The van der Waals surface area contributed by atoms with Gasteiger partial charge < -0.3 is 0 Å². The largest absolute Gasteiger partial charge is 0.227 e. The van der Waals surface area contributed by atoms with Crippen LogP contribution in [0.3, 0.4) is 0 Å². The van der Waals surface area contributed by atoms with Crippen molar-refractivity contribution in [3.63, 3.8) is 0 Å². The first-order valence-corrected chi connectivity index (χ1v) is 7.93. The van der Waals surface area contributed by atoms with Gasteiger partial charge in [-0.1, -0.05) is 24.4 Å². The molecule has 0 radical (unpaired) electrons. The molecule has 0 bridgehead atoms. The molecule has 0 spiro atoms. The first kappa shape index (κ1) is 14.2. The molecule has 0 aliphatic carbocycles. The SMILES string of the molecule is S=C(S)N(c1nccs1)N(C(=S)S)c1nccs1. The van der Waals surface area contributed by atoms with Crippen molar-refractivity contribution in [1.29, 1.82) is 0 Å². The first-order chi connectivity index (χ1) is 8.61. The fourth-order valence-electron chi connectivity index (χ4n) is 1.15. The highest BCUT2D eigenvalue weighted by molar-refractivity contribution is 8.12. The zero-order valence-corrected chi connectivity index (χ0v) is 13.7. The summed E-state index contributed by atoms with van der Waals surface area (Å²) in [5, 5.41) is 8.18. The Labute approximate surface area is 133 Å². The molecule has 2 aromatic heterocycles. The number of hydrazine groups is 1. The Morgan fingerprint density at radius 2 is 1.33 bits per heavy atom. The average molecular weight is 351 g/mol. The third-order valence-corrected chi connectivity index (χ3v) is 3.98. The lowest BCUT2D eigenvalue weighted by Crippen LogP contribution is -2.46. The molecule has 0 aliphatic heterocycles. The number of thiazole rings is 2. The molecule has 2 rings (SSSR count). The van der Waals surface area contributed by atoms with Crippen LogP contribution < -0.4 is 10.0 Å². The van der Waals surface area contributed by atoms with Gasteiger partial charge in [0, 0.05) is 23.2 Å². The van der Waals surface area contributed by atoms with Crippen LogP contribution in [0.4, 0.5) is 10.3 Å². The van der Waals surface area contributed by atoms with Gasteiger partial charge in [0.1, 0.15) is 0 Å². The van der Waals surface area contributed by atoms with Crippen molar-refractivity contribution in [3.05, 3.63) is 23.2 Å². The summed E-state index contributed by atoms with van der Waals surface area (Å²) in [5.41, 5.74) is 0. The lowest BCUT2D eigenvalue weighted by atomic mass is 10.9. The smallest absolute Gasteiger partial charge is 0.210 e. The van der Waals surface area contributed by atoms with Crippen molar-refractivity contribution < 1.29 is 0 Å². The zero-order chi connectivity index (χ0) is 13.1. The quantitative estimate of drug-likeness (QED) is 0.491. The lowest BCUT2D eigenvalue weighted by Gasteiger charge is -2.31. The number of anilines is 2. The van der Waals surface area contributed by atoms with Crippen molar-refractivity contribution in [2.75, 3.05) is 10.0 Å². The molecule has 0 unspecified atom stereocenters. The Bertz CT molecular complexity index is 486. The van der Waals surface area contributed by atoms with E-state index in [1.807, 2.05) is 10.8 Å². The van der Waals surface area contributed by atoms with Gasteiger partial charge in [-0.2, -0.15) is 0 Å². The van der Waals surface area contributed by atoms with Crippen molar-refractivity contribution in [2.24, 2.45) is 0 Å². The molecular weight excluding hydrogens is 345 g/mol. The predicted octanol–water partition coefficient (Wildman–Crippen LogP) is 3.26. The maximum absolute atomic E-state index is 5.13. The zero-order valence-electron chi connectivity index (χ0n) is 8.63. The van der Waals surface area contributed by atoms with Gasteiger partial charge in [-0.15, -0.1) is 47.9 Å². The summed E-state index contributed by atoms with van der Waals surface area (Å²) in [4.78, 5) is 8.40. The van der Waals surface area contributed by atoms with Crippen LogP contribution in [0.25, 0.3) is 0 Å². The Balaban J connectivity index is 2.45. The van der Waals surface area contributed by atoms with Gasteiger partial charge in [0.15, 0.2) is 8.64 Å². The maximum Gasteiger partial charge on any atom is 0.210 e. The summed E-state index contributed by atoms with van der Waals surface area (Å²) in [7, 11) is 0. The van der Waals surface area contributed by atoms with E-state index in [1.54, 1.807) is 22.4 Å². The second kappa shape index (κ2) is 6.26. The molecule has 10 heteroatoms. The molecule has 0 atom stereocenters. The highest BCUT2D eigenvalue weighted by Gasteiger charge is 2.25. The third kappa shape index (κ3) is 3.00. The number of aromatic nitrogens is 2. The molecule has 0 aliphatic rings. The van der Waals surface area contributed by atoms with Gasteiger partial charge in [0.05, 0.1) is 0 Å². The van der Waals surface area contributed by atoms with E-state index in [1.165, 1.54) is 22.7 Å². The molecule has 0 N–H and O–H groups in total.